The van der Waals surface area contributed by atoms with Crippen LogP contribution >= 0.6 is 0 Å². The molecular formula is C13H18N2O3. The highest BCUT2D eigenvalue weighted by Gasteiger charge is 2.19. The van der Waals surface area contributed by atoms with Crippen molar-refractivity contribution in [1.29, 1.82) is 0 Å². The Kier molecular flexibility index (Phi) is 4.15. The Hall–Kier alpha value is -1.62. The fourth-order valence-corrected chi connectivity index (χ4v) is 2.37. The lowest BCUT2D eigenvalue weighted by Crippen LogP contribution is -2.25. The van der Waals surface area contributed by atoms with E-state index in [4.69, 9.17) is 5.11 Å². The fourth-order valence-electron chi connectivity index (χ4n) is 2.37. The van der Waals surface area contributed by atoms with Gasteiger partial charge in [0.05, 0.1) is 6.10 Å². The smallest absolute Gasteiger partial charge is 0.354 e. The molecule has 0 aliphatic heterocycles. The van der Waals surface area contributed by atoms with E-state index in [-0.39, 0.29) is 11.8 Å². The molecule has 1 fully saturated rings. The molecule has 1 aliphatic carbocycles. The van der Waals surface area contributed by atoms with Gasteiger partial charge in [-0.3, -0.25) is 0 Å². The second kappa shape index (κ2) is 5.82. The number of nitrogens with one attached hydrogen (secondary N) is 1. The van der Waals surface area contributed by atoms with E-state index in [0.717, 1.165) is 37.9 Å². The van der Waals surface area contributed by atoms with Crippen molar-refractivity contribution in [3.8, 4) is 0 Å². The van der Waals surface area contributed by atoms with Gasteiger partial charge in [-0.2, -0.15) is 0 Å². The summed E-state index contributed by atoms with van der Waals surface area (Å²) >= 11 is 0. The maximum Gasteiger partial charge on any atom is 0.354 e. The first kappa shape index (κ1) is 12.8. The monoisotopic (exact) mass is 250 g/mol. The van der Waals surface area contributed by atoms with E-state index >= 15 is 0 Å². The number of carboxylic acids is 1. The van der Waals surface area contributed by atoms with Crippen LogP contribution in [0.5, 0.6) is 0 Å². The highest BCUT2D eigenvalue weighted by molar-refractivity contribution is 5.86. The summed E-state index contributed by atoms with van der Waals surface area (Å²) in [5.74, 6) is -0.568. The molecule has 2 unspecified atom stereocenters. The lowest BCUT2D eigenvalue weighted by molar-refractivity contribution is 0.0690. The summed E-state index contributed by atoms with van der Waals surface area (Å²) < 4.78 is 0. The van der Waals surface area contributed by atoms with Crippen LogP contribution in [0.25, 0.3) is 0 Å². The molecule has 0 amide bonds. The van der Waals surface area contributed by atoms with Gasteiger partial charge in [-0.1, -0.05) is 6.42 Å². The van der Waals surface area contributed by atoms with Gasteiger partial charge in [-0.25, -0.2) is 9.78 Å². The van der Waals surface area contributed by atoms with Crippen LogP contribution in [0.15, 0.2) is 18.3 Å². The van der Waals surface area contributed by atoms with Crippen LogP contribution < -0.4 is 5.32 Å². The van der Waals surface area contributed by atoms with E-state index < -0.39 is 5.97 Å². The molecule has 0 spiro atoms. The molecule has 1 aromatic rings. The van der Waals surface area contributed by atoms with Crippen LogP contribution in [0.4, 0.5) is 5.69 Å². The van der Waals surface area contributed by atoms with Crippen molar-refractivity contribution in [1.82, 2.24) is 4.98 Å². The number of pyridine rings is 1. The van der Waals surface area contributed by atoms with Crippen molar-refractivity contribution in [3.63, 3.8) is 0 Å². The van der Waals surface area contributed by atoms with Crippen molar-refractivity contribution in [2.45, 2.75) is 31.8 Å². The Morgan fingerprint density at radius 3 is 3.06 bits per heavy atom. The number of anilines is 1. The Balaban J connectivity index is 1.89. The third-order valence-corrected chi connectivity index (χ3v) is 3.33. The summed E-state index contributed by atoms with van der Waals surface area (Å²) in [7, 11) is 0. The summed E-state index contributed by atoms with van der Waals surface area (Å²) in [4.78, 5) is 14.5. The van der Waals surface area contributed by atoms with E-state index in [0.29, 0.717) is 5.92 Å². The molecule has 3 N–H and O–H groups in total. The van der Waals surface area contributed by atoms with E-state index in [1.165, 1.54) is 12.3 Å². The molecule has 5 heteroatoms. The first-order valence-corrected chi connectivity index (χ1v) is 6.26. The van der Waals surface area contributed by atoms with Crippen molar-refractivity contribution < 1.29 is 15.0 Å². The second-order valence-electron chi connectivity index (χ2n) is 4.80. The molecule has 0 saturated heterocycles. The number of hydrogen-bond acceptors (Lipinski definition) is 4. The molecule has 1 aliphatic rings. The van der Waals surface area contributed by atoms with Crippen LogP contribution in [0.1, 0.15) is 36.2 Å². The number of rotatable bonds is 4. The predicted molar refractivity (Wildman–Crippen MR) is 67.7 cm³/mol. The molecule has 2 rings (SSSR count). The van der Waals surface area contributed by atoms with E-state index in [2.05, 4.69) is 10.3 Å². The average Bonchev–Trinajstić information content (AvgIpc) is 2.37. The third kappa shape index (κ3) is 3.43. The minimum atomic E-state index is -1.02. The Bertz CT molecular complexity index is 422. The lowest BCUT2D eigenvalue weighted by atomic mass is 9.87. The zero-order chi connectivity index (χ0) is 13.0. The third-order valence-electron chi connectivity index (χ3n) is 3.33. The molecule has 1 saturated carbocycles. The number of carboxylic acid groups (broad SMARTS) is 1. The highest BCUT2D eigenvalue weighted by Crippen LogP contribution is 2.24. The molecule has 1 heterocycles. The normalized spacial score (nSPS) is 23.6. The van der Waals surface area contributed by atoms with Crippen LogP contribution in [-0.2, 0) is 0 Å². The van der Waals surface area contributed by atoms with Gasteiger partial charge in [-0.05, 0) is 37.3 Å². The van der Waals surface area contributed by atoms with Crippen molar-refractivity contribution in [2.24, 2.45) is 5.92 Å². The molecule has 18 heavy (non-hydrogen) atoms. The number of aliphatic hydroxyl groups is 1. The highest BCUT2D eigenvalue weighted by atomic mass is 16.4. The van der Waals surface area contributed by atoms with Crippen LogP contribution in [-0.4, -0.2) is 33.8 Å². The molecule has 2 atom stereocenters. The zero-order valence-corrected chi connectivity index (χ0v) is 10.2. The van der Waals surface area contributed by atoms with Gasteiger partial charge in [0.15, 0.2) is 0 Å². The first-order valence-electron chi connectivity index (χ1n) is 6.26. The van der Waals surface area contributed by atoms with Gasteiger partial charge < -0.3 is 15.5 Å². The summed E-state index contributed by atoms with van der Waals surface area (Å²) in [6, 6.07) is 3.29. The minimum Gasteiger partial charge on any atom is -0.477 e. The van der Waals surface area contributed by atoms with Crippen LogP contribution in [0.2, 0.25) is 0 Å². The van der Waals surface area contributed by atoms with E-state index in [1.807, 2.05) is 0 Å². The molecule has 5 nitrogen and oxygen atoms in total. The molecule has 98 valence electrons. The Morgan fingerprint density at radius 2 is 2.33 bits per heavy atom. The van der Waals surface area contributed by atoms with Gasteiger partial charge in [-0.15, -0.1) is 0 Å². The number of carbonyl (C=O) groups is 1. The van der Waals surface area contributed by atoms with Gasteiger partial charge in [0.25, 0.3) is 0 Å². The maximum absolute atomic E-state index is 10.8. The Morgan fingerprint density at radius 1 is 1.50 bits per heavy atom. The van der Waals surface area contributed by atoms with Gasteiger partial charge in [0.1, 0.15) is 5.69 Å². The maximum atomic E-state index is 10.8. The average molecular weight is 250 g/mol. The number of aromatic carboxylic acids is 1. The molecule has 1 aromatic heterocycles. The molecule has 0 radical (unpaired) electrons. The summed E-state index contributed by atoms with van der Waals surface area (Å²) in [6.45, 7) is 0.764. The van der Waals surface area contributed by atoms with Gasteiger partial charge in [0, 0.05) is 18.4 Å². The first-order chi connectivity index (χ1) is 8.65. The molecular weight excluding hydrogens is 232 g/mol. The number of hydrogen-bond donors (Lipinski definition) is 3. The van der Waals surface area contributed by atoms with Crippen molar-refractivity contribution >= 4 is 11.7 Å². The Labute approximate surface area is 106 Å². The van der Waals surface area contributed by atoms with Gasteiger partial charge >= 0.3 is 5.97 Å². The van der Waals surface area contributed by atoms with Gasteiger partial charge in [0.2, 0.25) is 0 Å². The van der Waals surface area contributed by atoms with E-state index in [1.54, 1.807) is 6.07 Å². The van der Waals surface area contributed by atoms with Crippen LogP contribution in [0.3, 0.4) is 0 Å². The topological polar surface area (TPSA) is 82.5 Å². The van der Waals surface area contributed by atoms with E-state index in [9.17, 15) is 9.90 Å². The lowest BCUT2D eigenvalue weighted by Gasteiger charge is -2.26. The zero-order valence-electron chi connectivity index (χ0n) is 10.2. The van der Waals surface area contributed by atoms with Crippen molar-refractivity contribution in [2.75, 3.05) is 11.9 Å². The van der Waals surface area contributed by atoms with Crippen LogP contribution in [0, 0.1) is 5.92 Å². The number of aromatic nitrogens is 1. The fraction of sp³-hybridized carbons (Fsp3) is 0.538. The van der Waals surface area contributed by atoms with Crippen molar-refractivity contribution in [3.05, 3.63) is 24.0 Å². The summed E-state index contributed by atoms with van der Waals surface area (Å²) in [5, 5.41) is 21.6. The standard InChI is InChI=1S/C13H18N2O3/c16-11-3-1-2-9(6-11)8-15-10-4-5-14-12(7-10)13(17)18/h4-5,7,9,11,16H,1-3,6,8H2,(H,14,15)(H,17,18). The second-order valence-corrected chi connectivity index (χ2v) is 4.80. The molecule has 0 aromatic carbocycles. The molecule has 0 bridgehead atoms. The number of nitrogens with zero attached hydrogens (tertiary/aromatic N) is 1. The summed E-state index contributed by atoms with van der Waals surface area (Å²) in [6.07, 6.45) is 5.20. The number of aliphatic hydroxyl groups excluding tert-OH is 1. The quantitative estimate of drug-likeness (QED) is 0.758. The SMILES string of the molecule is O=C(O)c1cc(NCC2CCCC(O)C2)ccn1. The minimum absolute atomic E-state index is 0.0451. The summed E-state index contributed by atoms with van der Waals surface area (Å²) in [5.41, 5.74) is 0.811. The largest absolute Gasteiger partial charge is 0.477 e. The predicted octanol–water partition coefficient (Wildman–Crippen LogP) is 1.74.